The molecule has 0 radical (unpaired) electrons. The summed E-state index contributed by atoms with van der Waals surface area (Å²) in [6.07, 6.45) is 4.02. The standard InChI is InChI=1S/C28H42O2/c1-9-17(5)21-13-23(19(7)11-3)27(29)25(15-21)26-16-22(18(6)10-2)14-24(28(26)30)20(8)12-4/h13-20,29-30H,9-12H2,1-8H3. The summed E-state index contributed by atoms with van der Waals surface area (Å²) < 4.78 is 0. The SMILES string of the molecule is CCC(C)c1cc(-c2cc(C(C)CC)cc(C(C)CC)c2O)c(O)c(C(C)CC)c1. The molecule has 30 heavy (non-hydrogen) atoms. The van der Waals surface area contributed by atoms with E-state index in [9.17, 15) is 10.2 Å². The van der Waals surface area contributed by atoms with E-state index in [1.807, 2.05) is 0 Å². The lowest BCUT2D eigenvalue weighted by Crippen LogP contribution is -2.02. The van der Waals surface area contributed by atoms with Crippen molar-refractivity contribution in [3.63, 3.8) is 0 Å². The highest BCUT2D eigenvalue weighted by Crippen LogP contribution is 2.46. The van der Waals surface area contributed by atoms with Gasteiger partial charge in [-0.1, -0.05) is 67.5 Å². The summed E-state index contributed by atoms with van der Waals surface area (Å²) in [5, 5.41) is 22.6. The minimum atomic E-state index is 0.265. The van der Waals surface area contributed by atoms with Crippen LogP contribution in [0.2, 0.25) is 0 Å². The van der Waals surface area contributed by atoms with Crippen molar-refractivity contribution in [2.75, 3.05) is 0 Å². The largest absolute Gasteiger partial charge is 0.507 e. The zero-order valence-electron chi connectivity index (χ0n) is 20.3. The van der Waals surface area contributed by atoms with Gasteiger partial charge in [0.15, 0.2) is 0 Å². The Morgan fingerprint density at radius 1 is 0.533 bits per heavy atom. The zero-order valence-corrected chi connectivity index (χ0v) is 20.3. The number of benzene rings is 2. The van der Waals surface area contributed by atoms with E-state index in [2.05, 4.69) is 79.7 Å². The molecule has 166 valence electrons. The minimum Gasteiger partial charge on any atom is -0.507 e. The van der Waals surface area contributed by atoms with Gasteiger partial charge in [-0.05, 0) is 83.7 Å². The van der Waals surface area contributed by atoms with Crippen LogP contribution in [0, 0.1) is 0 Å². The maximum absolute atomic E-state index is 11.3. The van der Waals surface area contributed by atoms with Gasteiger partial charge in [-0.15, -0.1) is 0 Å². The molecule has 2 aromatic carbocycles. The molecule has 0 heterocycles. The van der Waals surface area contributed by atoms with Crippen LogP contribution in [0.25, 0.3) is 11.1 Å². The van der Waals surface area contributed by atoms with E-state index in [1.165, 1.54) is 11.1 Å². The summed E-state index contributed by atoms with van der Waals surface area (Å²) in [7, 11) is 0. The van der Waals surface area contributed by atoms with Gasteiger partial charge in [0.2, 0.25) is 0 Å². The molecule has 4 unspecified atom stereocenters. The van der Waals surface area contributed by atoms with Gasteiger partial charge < -0.3 is 10.2 Å². The third kappa shape index (κ3) is 4.85. The summed E-state index contributed by atoms with van der Waals surface area (Å²) in [5.74, 6) is 1.98. The van der Waals surface area contributed by atoms with E-state index in [4.69, 9.17) is 0 Å². The molecule has 0 saturated carbocycles. The predicted octanol–water partition coefficient (Wildman–Crippen LogP) is 8.82. The van der Waals surface area contributed by atoms with Crippen molar-refractivity contribution in [1.82, 2.24) is 0 Å². The fourth-order valence-electron chi connectivity index (χ4n) is 4.00. The van der Waals surface area contributed by atoms with Crippen LogP contribution in [0.3, 0.4) is 0 Å². The van der Waals surface area contributed by atoms with E-state index in [-0.39, 0.29) is 11.8 Å². The van der Waals surface area contributed by atoms with Gasteiger partial charge in [0.05, 0.1) is 0 Å². The first-order valence-electron chi connectivity index (χ1n) is 11.9. The average Bonchev–Trinajstić information content (AvgIpc) is 2.77. The third-order valence-electron chi connectivity index (χ3n) is 7.26. The van der Waals surface area contributed by atoms with Crippen LogP contribution in [0.1, 0.15) is 127 Å². The van der Waals surface area contributed by atoms with Gasteiger partial charge in [0.1, 0.15) is 11.5 Å². The van der Waals surface area contributed by atoms with Crippen molar-refractivity contribution >= 4 is 0 Å². The van der Waals surface area contributed by atoms with Crippen LogP contribution < -0.4 is 0 Å². The predicted molar refractivity (Wildman–Crippen MR) is 130 cm³/mol. The van der Waals surface area contributed by atoms with Crippen molar-refractivity contribution < 1.29 is 10.2 Å². The van der Waals surface area contributed by atoms with Gasteiger partial charge >= 0.3 is 0 Å². The summed E-state index contributed by atoms with van der Waals surface area (Å²) in [4.78, 5) is 0. The molecule has 2 heteroatoms. The van der Waals surface area contributed by atoms with Crippen LogP contribution in [0.5, 0.6) is 11.5 Å². The lowest BCUT2D eigenvalue weighted by molar-refractivity contribution is 0.455. The summed E-state index contributed by atoms with van der Waals surface area (Å²) in [6.45, 7) is 17.5. The smallest absolute Gasteiger partial charge is 0.127 e. The molecular formula is C28H42O2. The first kappa shape index (κ1) is 24.3. The Hall–Kier alpha value is -1.96. The molecule has 2 rings (SSSR count). The van der Waals surface area contributed by atoms with Crippen LogP contribution >= 0.6 is 0 Å². The topological polar surface area (TPSA) is 40.5 Å². The number of aromatic hydroxyl groups is 2. The number of hydrogen-bond acceptors (Lipinski definition) is 2. The van der Waals surface area contributed by atoms with Crippen molar-refractivity contribution in [2.24, 2.45) is 0 Å². The highest BCUT2D eigenvalue weighted by atomic mass is 16.3. The third-order valence-corrected chi connectivity index (χ3v) is 7.26. The fraction of sp³-hybridized carbons (Fsp3) is 0.571. The Bertz CT molecular complexity index is 781. The summed E-state index contributed by atoms with van der Waals surface area (Å²) >= 11 is 0. The van der Waals surface area contributed by atoms with E-state index in [0.29, 0.717) is 23.3 Å². The molecule has 2 nitrogen and oxygen atoms in total. The molecule has 0 aliphatic heterocycles. The molecule has 0 spiro atoms. The van der Waals surface area contributed by atoms with Gasteiger partial charge in [-0.3, -0.25) is 0 Å². The van der Waals surface area contributed by atoms with Gasteiger partial charge in [0, 0.05) is 11.1 Å². The number of hydrogen-bond donors (Lipinski definition) is 2. The molecule has 0 fully saturated rings. The number of phenolic OH excluding ortho intramolecular Hbond substituents is 2. The fourth-order valence-corrected chi connectivity index (χ4v) is 4.00. The molecular weight excluding hydrogens is 368 g/mol. The van der Waals surface area contributed by atoms with Crippen molar-refractivity contribution in [1.29, 1.82) is 0 Å². The molecule has 0 bridgehead atoms. The highest BCUT2D eigenvalue weighted by Gasteiger charge is 2.23. The van der Waals surface area contributed by atoms with Gasteiger partial charge in [-0.2, -0.15) is 0 Å². The van der Waals surface area contributed by atoms with Gasteiger partial charge in [0.25, 0.3) is 0 Å². The Morgan fingerprint density at radius 2 is 0.833 bits per heavy atom. The van der Waals surface area contributed by atoms with Crippen LogP contribution in [-0.4, -0.2) is 10.2 Å². The second kappa shape index (κ2) is 10.4. The van der Waals surface area contributed by atoms with E-state index in [1.54, 1.807) is 0 Å². The second-order valence-electron chi connectivity index (χ2n) is 9.25. The normalized spacial score (nSPS) is 15.6. The average molecular weight is 411 g/mol. The molecule has 0 aromatic heterocycles. The summed E-state index contributed by atoms with van der Waals surface area (Å²) in [6, 6.07) is 8.55. The van der Waals surface area contributed by atoms with Crippen molar-refractivity contribution in [3.05, 3.63) is 46.5 Å². The molecule has 0 saturated heterocycles. The second-order valence-corrected chi connectivity index (χ2v) is 9.25. The number of rotatable bonds is 9. The van der Waals surface area contributed by atoms with Crippen molar-refractivity contribution in [2.45, 2.75) is 105 Å². The molecule has 2 N–H and O–H groups in total. The quantitative estimate of drug-likeness (QED) is 0.433. The Morgan fingerprint density at radius 3 is 1.10 bits per heavy atom. The summed E-state index contributed by atoms with van der Waals surface area (Å²) in [5.41, 5.74) is 6.00. The first-order chi connectivity index (χ1) is 14.2. The van der Waals surface area contributed by atoms with E-state index >= 15 is 0 Å². The molecule has 2 aromatic rings. The maximum Gasteiger partial charge on any atom is 0.127 e. The Labute approximate surface area is 184 Å². The van der Waals surface area contributed by atoms with Crippen LogP contribution in [0.15, 0.2) is 24.3 Å². The highest BCUT2D eigenvalue weighted by molar-refractivity contribution is 5.79. The van der Waals surface area contributed by atoms with E-state index in [0.717, 1.165) is 47.9 Å². The zero-order chi connectivity index (χ0) is 22.6. The monoisotopic (exact) mass is 410 g/mol. The lowest BCUT2D eigenvalue weighted by atomic mass is 9.83. The maximum atomic E-state index is 11.3. The lowest BCUT2D eigenvalue weighted by Gasteiger charge is -2.23. The molecule has 4 atom stereocenters. The van der Waals surface area contributed by atoms with Crippen LogP contribution in [0.4, 0.5) is 0 Å². The Balaban J connectivity index is 2.87. The van der Waals surface area contributed by atoms with Crippen molar-refractivity contribution in [3.8, 4) is 22.6 Å². The van der Waals surface area contributed by atoms with E-state index < -0.39 is 0 Å². The Kier molecular flexibility index (Phi) is 8.41. The first-order valence-corrected chi connectivity index (χ1v) is 11.9. The van der Waals surface area contributed by atoms with Gasteiger partial charge in [-0.25, -0.2) is 0 Å². The molecule has 0 aliphatic rings. The van der Waals surface area contributed by atoms with Crippen LogP contribution in [-0.2, 0) is 0 Å². The number of phenols is 2. The molecule has 0 aliphatic carbocycles. The minimum absolute atomic E-state index is 0.265. The molecule has 0 amide bonds.